The van der Waals surface area contributed by atoms with Gasteiger partial charge in [0.1, 0.15) is 0 Å². The minimum atomic E-state index is 0.636. The second kappa shape index (κ2) is 11.0. The van der Waals surface area contributed by atoms with Gasteiger partial charge in [-0.05, 0) is 62.5 Å². The molecule has 4 heteroatoms. The van der Waals surface area contributed by atoms with E-state index in [0.29, 0.717) is 17.5 Å². The first-order chi connectivity index (χ1) is 21.8. The van der Waals surface area contributed by atoms with Crippen LogP contribution in [0.3, 0.4) is 0 Å². The fraction of sp³-hybridized carbons (Fsp3) is 0. The summed E-state index contributed by atoms with van der Waals surface area (Å²) >= 11 is 0. The maximum Gasteiger partial charge on any atom is 0.164 e. The topological polar surface area (TPSA) is 51.6 Å². The van der Waals surface area contributed by atoms with Crippen molar-refractivity contribution < 1.29 is 0 Å². The van der Waals surface area contributed by atoms with E-state index < -0.39 is 0 Å². The predicted molar refractivity (Wildman–Crippen MR) is 180 cm³/mol. The first-order valence-electron chi connectivity index (χ1n) is 14.6. The fourth-order valence-electron chi connectivity index (χ4n) is 5.89. The third kappa shape index (κ3) is 4.69. The van der Waals surface area contributed by atoms with Crippen LogP contribution in [0.1, 0.15) is 0 Å². The van der Waals surface area contributed by atoms with E-state index in [1.54, 1.807) is 6.20 Å². The SMILES string of the molecule is c1ccc(-c2cc(-c3nc(-c4ccccc4)nc(-c4ccc(-c5cccnc5)c5ccccc45)n3)c3ccccc3c2)cc1. The Morgan fingerprint density at radius 1 is 0.341 bits per heavy atom. The smallest absolute Gasteiger partial charge is 0.164 e. The summed E-state index contributed by atoms with van der Waals surface area (Å²) in [7, 11) is 0. The van der Waals surface area contributed by atoms with Gasteiger partial charge in [-0.1, -0.05) is 121 Å². The molecule has 0 aliphatic heterocycles. The number of pyridine rings is 1. The van der Waals surface area contributed by atoms with Crippen molar-refractivity contribution >= 4 is 21.5 Å². The predicted octanol–water partition coefficient (Wildman–Crippen LogP) is 9.91. The Hall–Kier alpha value is -6.00. The van der Waals surface area contributed by atoms with Gasteiger partial charge >= 0.3 is 0 Å². The Kier molecular flexibility index (Phi) is 6.43. The van der Waals surface area contributed by atoms with Gasteiger partial charge < -0.3 is 0 Å². The third-order valence-corrected chi connectivity index (χ3v) is 8.01. The molecule has 0 amide bonds. The third-order valence-electron chi connectivity index (χ3n) is 8.01. The zero-order valence-corrected chi connectivity index (χ0v) is 23.8. The fourth-order valence-corrected chi connectivity index (χ4v) is 5.89. The summed E-state index contributed by atoms with van der Waals surface area (Å²) in [6, 6.07) is 50.2. The Labute approximate surface area is 255 Å². The first kappa shape index (κ1) is 25.7. The van der Waals surface area contributed by atoms with Crippen LogP contribution in [-0.4, -0.2) is 19.9 Å². The van der Waals surface area contributed by atoms with Crippen LogP contribution in [0.15, 0.2) is 158 Å². The second-order valence-electron chi connectivity index (χ2n) is 10.7. The van der Waals surface area contributed by atoms with E-state index in [1.807, 2.05) is 48.7 Å². The van der Waals surface area contributed by atoms with Gasteiger partial charge in [-0.15, -0.1) is 0 Å². The summed E-state index contributed by atoms with van der Waals surface area (Å²) in [4.78, 5) is 19.7. The molecular weight excluding hydrogens is 536 g/mol. The average Bonchev–Trinajstić information content (AvgIpc) is 3.11. The number of hydrogen-bond donors (Lipinski definition) is 0. The molecule has 0 atom stereocenters. The van der Waals surface area contributed by atoms with E-state index in [1.165, 1.54) is 0 Å². The van der Waals surface area contributed by atoms with Crippen LogP contribution in [0.25, 0.3) is 78.0 Å². The number of hydrogen-bond acceptors (Lipinski definition) is 4. The molecule has 44 heavy (non-hydrogen) atoms. The maximum atomic E-state index is 5.20. The highest BCUT2D eigenvalue weighted by Crippen LogP contribution is 2.37. The molecule has 8 aromatic rings. The molecule has 2 heterocycles. The number of benzene rings is 6. The van der Waals surface area contributed by atoms with Crippen LogP contribution in [0.5, 0.6) is 0 Å². The molecule has 4 nitrogen and oxygen atoms in total. The van der Waals surface area contributed by atoms with Crippen LogP contribution < -0.4 is 0 Å². The zero-order chi connectivity index (χ0) is 29.3. The molecule has 0 unspecified atom stereocenters. The molecule has 0 aliphatic carbocycles. The van der Waals surface area contributed by atoms with Crippen molar-refractivity contribution in [3.05, 3.63) is 158 Å². The molecule has 8 rings (SSSR count). The van der Waals surface area contributed by atoms with Crippen LogP contribution in [0, 0.1) is 0 Å². The number of rotatable bonds is 5. The number of nitrogens with zero attached hydrogens (tertiary/aromatic N) is 4. The van der Waals surface area contributed by atoms with Crippen LogP contribution in [0.2, 0.25) is 0 Å². The minimum Gasteiger partial charge on any atom is -0.264 e. The standard InChI is InChI=1S/C40H26N4/c1-3-12-27(13-4-1)31-24-29-16-7-8-18-32(29)37(25-31)40-43-38(28-14-5-2-6-15-28)42-39(44-40)36-22-21-33(30-17-11-23-41-26-30)34-19-9-10-20-35(34)36/h1-26H. The Balaban J connectivity index is 1.40. The largest absolute Gasteiger partial charge is 0.264 e. The van der Waals surface area contributed by atoms with Crippen molar-refractivity contribution in [3.8, 4) is 56.4 Å². The van der Waals surface area contributed by atoms with Crippen LogP contribution in [-0.2, 0) is 0 Å². The second-order valence-corrected chi connectivity index (χ2v) is 10.7. The quantitative estimate of drug-likeness (QED) is 0.209. The molecule has 0 spiro atoms. The van der Waals surface area contributed by atoms with E-state index in [4.69, 9.17) is 15.0 Å². The van der Waals surface area contributed by atoms with Gasteiger partial charge in [0.05, 0.1) is 0 Å². The molecule has 0 saturated carbocycles. The van der Waals surface area contributed by atoms with Gasteiger partial charge in [0.2, 0.25) is 0 Å². The zero-order valence-electron chi connectivity index (χ0n) is 23.8. The Morgan fingerprint density at radius 3 is 1.64 bits per heavy atom. The van der Waals surface area contributed by atoms with Crippen molar-refractivity contribution in [2.45, 2.75) is 0 Å². The first-order valence-corrected chi connectivity index (χ1v) is 14.6. The minimum absolute atomic E-state index is 0.636. The van der Waals surface area contributed by atoms with Gasteiger partial charge in [0.25, 0.3) is 0 Å². The van der Waals surface area contributed by atoms with Gasteiger partial charge in [-0.3, -0.25) is 4.98 Å². The van der Waals surface area contributed by atoms with E-state index in [9.17, 15) is 0 Å². The van der Waals surface area contributed by atoms with Gasteiger partial charge in [-0.2, -0.15) is 0 Å². The lowest BCUT2D eigenvalue weighted by molar-refractivity contribution is 1.08. The Morgan fingerprint density at radius 2 is 0.909 bits per heavy atom. The lowest BCUT2D eigenvalue weighted by atomic mass is 9.95. The summed E-state index contributed by atoms with van der Waals surface area (Å²) in [5, 5.41) is 4.43. The van der Waals surface area contributed by atoms with Crippen LogP contribution >= 0.6 is 0 Å². The monoisotopic (exact) mass is 562 g/mol. The molecule has 0 saturated heterocycles. The molecule has 0 aliphatic rings. The van der Waals surface area contributed by atoms with Crippen molar-refractivity contribution in [3.63, 3.8) is 0 Å². The molecule has 0 bridgehead atoms. The summed E-state index contributed by atoms with van der Waals surface area (Å²) in [5.74, 6) is 1.92. The highest BCUT2D eigenvalue weighted by Gasteiger charge is 2.18. The van der Waals surface area contributed by atoms with Crippen molar-refractivity contribution in [1.29, 1.82) is 0 Å². The summed E-state index contributed by atoms with van der Waals surface area (Å²) in [6.45, 7) is 0. The van der Waals surface area contributed by atoms with Crippen molar-refractivity contribution in [2.24, 2.45) is 0 Å². The van der Waals surface area contributed by atoms with Gasteiger partial charge in [0.15, 0.2) is 17.5 Å². The van der Waals surface area contributed by atoms with Crippen LogP contribution in [0.4, 0.5) is 0 Å². The summed E-state index contributed by atoms with van der Waals surface area (Å²) in [5.41, 5.74) is 7.33. The molecule has 0 fully saturated rings. The average molecular weight is 563 g/mol. The highest BCUT2D eigenvalue weighted by molar-refractivity contribution is 6.04. The maximum absolute atomic E-state index is 5.20. The molecule has 206 valence electrons. The van der Waals surface area contributed by atoms with Crippen molar-refractivity contribution in [2.75, 3.05) is 0 Å². The van der Waals surface area contributed by atoms with E-state index >= 15 is 0 Å². The normalized spacial score (nSPS) is 11.2. The lowest BCUT2D eigenvalue weighted by Crippen LogP contribution is -2.01. The highest BCUT2D eigenvalue weighted by atomic mass is 15.0. The Bertz CT molecular complexity index is 2260. The van der Waals surface area contributed by atoms with E-state index in [2.05, 4.69) is 108 Å². The number of aromatic nitrogens is 4. The van der Waals surface area contributed by atoms with E-state index in [0.717, 1.165) is 60.5 Å². The number of fused-ring (bicyclic) bond motifs is 2. The summed E-state index contributed by atoms with van der Waals surface area (Å²) < 4.78 is 0. The summed E-state index contributed by atoms with van der Waals surface area (Å²) in [6.07, 6.45) is 3.70. The van der Waals surface area contributed by atoms with Gasteiger partial charge in [0, 0.05) is 34.6 Å². The van der Waals surface area contributed by atoms with Crippen molar-refractivity contribution in [1.82, 2.24) is 19.9 Å². The molecule has 0 N–H and O–H groups in total. The molecule has 2 aromatic heterocycles. The molecule has 0 radical (unpaired) electrons. The lowest BCUT2D eigenvalue weighted by Gasteiger charge is -2.14. The molecular formula is C40H26N4. The van der Waals surface area contributed by atoms with E-state index in [-0.39, 0.29) is 0 Å². The molecule has 6 aromatic carbocycles. The van der Waals surface area contributed by atoms with Gasteiger partial charge in [-0.25, -0.2) is 15.0 Å².